The van der Waals surface area contributed by atoms with Gasteiger partial charge in [0.15, 0.2) is 6.61 Å². The lowest BCUT2D eigenvalue weighted by Gasteiger charge is -2.07. The Morgan fingerprint density at radius 3 is 2.65 bits per heavy atom. The number of hydrogen-bond acceptors (Lipinski definition) is 4. The smallest absolute Gasteiger partial charge is 0.331 e. The lowest BCUT2D eigenvalue weighted by Crippen LogP contribution is -2.28. The van der Waals surface area contributed by atoms with E-state index in [1.54, 1.807) is 24.3 Å². The van der Waals surface area contributed by atoms with E-state index in [9.17, 15) is 9.59 Å². The number of halogens is 1. The van der Waals surface area contributed by atoms with E-state index in [2.05, 4.69) is 10.4 Å². The molecule has 1 amide bonds. The number of ether oxygens (including phenoxy) is 1. The molecule has 0 saturated carbocycles. The van der Waals surface area contributed by atoms with Gasteiger partial charge in [0, 0.05) is 28.9 Å². The number of nitrogens with zero attached hydrogens (tertiary/aromatic N) is 2. The van der Waals surface area contributed by atoms with Crippen molar-refractivity contribution in [2.45, 2.75) is 26.9 Å². The molecular weight excluding hydrogens is 414 g/mol. The van der Waals surface area contributed by atoms with Crippen LogP contribution < -0.4 is 5.32 Å². The van der Waals surface area contributed by atoms with Crippen LogP contribution in [-0.2, 0) is 27.4 Å². The third-order valence-electron chi connectivity index (χ3n) is 4.77. The van der Waals surface area contributed by atoms with Gasteiger partial charge in [-0.1, -0.05) is 54.1 Å². The molecule has 2 aromatic carbocycles. The van der Waals surface area contributed by atoms with Crippen LogP contribution in [0.4, 0.5) is 0 Å². The second-order valence-corrected chi connectivity index (χ2v) is 7.50. The van der Waals surface area contributed by atoms with Crippen molar-refractivity contribution in [2.24, 2.45) is 0 Å². The summed E-state index contributed by atoms with van der Waals surface area (Å²) in [5.41, 5.74) is 4.73. The van der Waals surface area contributed by atoms with Crippen molar-refractivity contribution in [2.75, 3.05) is 6.61 Å². The van der Waals surface area contributed by atoms with Gasteiger partial charge in [-0.15, -0.1) is 0 Å². The van der Waals surface area contributed by atoms with Crippen molar-refractivity contribution < 1.29 is 14.3 Å². The van der Waals surface area contributed by atoms with Crippen LogP contribution in [0.2, 0.25) is 5.02 Å². The summed E-state index contributed by atoms with van der Waals surface area (Å²) in [6.45, 7) is 4.52. The van der Waals surface area contributed by atoms with Gasteiger partial charge < -0.3 is 10.1 Å². The highest BCUT2D eigenvalue weighted by Gasteiger charge is 2.13. The topological polar surface area (TPSA) is 73.2 Å². The average molecular weight is 438 g/mol. The number of amides is 1. The van der Waals surface area contributed by atoms with Crippen LogP contribution in [-0.4, -0.2) is 28.3 Å². The molecule has 0 atom stereocenters. The summed E-state index contributed by atoms with van der Waals surface area (Å²) >= 11 is 5.90. The van der Waals surface area contributed by atoms with Crippen LogP contribution in [0, 0.1) is 13.8 Å². The molecule has 0 unspecified atom stereocenters. The summed E-state index contributed by atoms with van der Waals surface area (Å²) in [5, 5.41) is 7.94. The van der Waals surface area contributed by atoms with Crippen molar-refractivity contribution in [3.8, 4) is 0 Å². The van der Waals surface area contributed by atoms with Gasteiger partial charge in [0.1, 0.15) is 0 Å². The van der Waals surface area contributed by atoms with Crippen molar-refractivity contribution in [3.05, 3.63) is 93.8 Å². The molecule has 160 valence electrons. The zero-order valence-corrected chi connectivity index (χ0v) is 18.2. The maximum Gasteiger partial charge on any atom is 0.331 e. The maximum absolute atomic E-state index is 12.1. The molecule has 0 spiro atoms. The highest BCUT2D eigenvalue weighted by Crippen LogP contribution is 2.15. The first-order chi connectivity index (χ1) is 14.9. The molecule has 1 aromatic heterocycles. The largest absolute Gasteiger partial charge is 0.452 e. The van der Waals surface area contributed by atoms with E-state index in [0.29, 0.717) is 18.1 Å². The first-order valence-corrected chi connectivity index (χ1v) is 10.2. The number of aromatic nitrogens is 2. The fraction of sp³-hybridized carbons (Fsp3) is 0.208. The van der Waals surface area contributed by atoms with Crippen LogP contribution in [0.25, 0.3) is 6.08 Å². The summed E-state index contributed by atoms with van der Waals surface area (Å²) in [4.78, 5) is 23.9. The summed E-state index contributed by atoms with van der Waals surface area (Å²) in [7, 11) is 0. The Hall–Kier alpha value is -3.38. The van der Waals surface area contributed by atoms with Crippen LogP contribution in [0.1, 0.15) is 28.1 Å². The summed E-state index contributed by atoms with van der Waals surface area (Å²) in [5.74, 6) is -0.975. The standard InChI is InChI=1S/C24H24ClN3O3/c1-17-22(18(2)28(27-17)15-20-7-4-3-5-8-20)14-26-23(29)16-31-24(30)12-11-19-9-6-10-21(25)13-19/h3-13H,14-16H2,1-2H3,(H,26,29)/b12-11+. The molecule has 1 N–H and O–H groups in total. The molecule has 0 radical (unpaired) electrons. The molecule has 31 heavy (non-hydrogen) atoms. The van der Waals surface area contributed by atoms with Gasteiger partial charge in [-0.3, -0.25) is 9.48 Å². The summed E-state index contributed by atoms with van der Waals surface area (Å²) in [6.07, 6.45) is 2.85. The Morgan fingerprint density at radius 1 is 1.13 bits per heavy atom. The fourth-order valence-corrected chi connectivity index (χ4v) is 3.30. The Morgan fingerprint density at radius 2 is 1.90 bits per heavy atom. The van der Waals surface area contributed by atoms with Gasteiger partial charge in [-0.05, 0) is 43.2 Å². The van der Waals surface area contributed by atoms with E-state index in [1.165, 1.54) is 6.08 Å². The van der Waals surface area contributed by atoms with E-state index in [1.807, 2.05) is 54.9 Å². The van der Waals surface area contributed by atoms with Gasteiger partial charge >= 0.3 is 5.97 Å². The quantitative estimate of drug-likeness (QED) is 0.426. The minimum Gasteiger partial charge on any atom is -0.452 e. The molecule has 0 aliphatic carbocycles. The lowest BCUT2D eigenvalue weighted by molar-refractivity contribution is -0.143. The number of aryl methyl sites for hydroxylation is 1. The molecule has 0 aliphatic rings. The number of esters is 1. The number of carbonyl (C=O) groups excluding carboxylic acids is 2. The van der Waals surface area contributed by atoms with Crippen LogP contribution in [0.5, 0.6) is 0 Å². The van der Waals surface area contributed by atoms with Gasteiger partial charge in [-0.25, -0.2) is 4.79 Å². The molecule has 0 aliphatic heterocycles. The predicted octanol–water partition coefficient (Wildman–Crippen LogP) is 4.07. The number of carbonyl (C=O) groups is 2. The molecule has 6 nitrogen and oxygen atoms in total. The van der Waals surface area contributed by atoms with Crippen molar-refractivity contribution >= 4 is 29.6 Å². The predicted molar refractivity (Wildman–Crippen MR) is 121 cm³/mol. The van der Waals surface area contributed by atoms with Gasteiger partial charge in [0.2, 0.25) is 0 Å². The highest BCUT2D eigenvalue weighted by molar-refractivity contribution is 6.30. The van der Waals surface area contributed by atoms with Crippen LogP contribution >= 0.6 is 11.6 Å². The Bertz CT molecular complexity index is 1090. The zero-order chi connectivity index (χ0) is 22.2. The second kappa shape index (κ2) is 10.6. The molecule has 0 saturated heterocycles. The first kappa shape index (κ1) is 22.3. The average Bonchev–Trinajstić information content (AvgIpc) is 3.02. The van der Waals surface area contributed by atoms with Crippen LogP contribution in [0.3, 0.4) is 0 Å². The van der Waals surface area contributed by atoms with E-state index < -0.39 is 5.97 Å². The van der Waals surface area contributed by atoms with E-state index >= 15 is 0 Å². The minimum atomic E-state index is -0.599. The SMILES string of the molecule is Cc1nn(Cc2ccccc2)c(C)c1CNC(=O)COC(=O)/C=C/c1cccc(Cl)c1. The normalized spacial score (nSPS) is 10.9. The number of rotatable bonds is 8. The minimum absolute atomic E-state index is 0.321. The van der Waals surface area contributed by atoms with Gasteiger partial charge in [0.25, 0.3) is 5.91 Å². The molecule has 1 heterocycles. The molecule has 3 rings (SSSR count). The van der Waals surface area contributed by atoms with Crippen molar-refractivity contribution in [3.63, 3.8) is 0 Å². The molecule has 3 aromatic rings. The molecular formula is C24H24ClN3O3. The third-order valence-corrected chi connectivity index (χ3v) is 5.01. The number of hydrogen-bond donors (Lipinski definition) is 1. The van der Waals surface area contributed by atoms with Crippen molar-refractivity contribution in [1.29, 1.82) is 0 Å². The first-order valence-electron chi connectivity index (χ1n) is 9.86. The number of benzene rings is 2. The van der Waals surface area contributed by atoms with E-state index in [0.717, 1.165) is 28.1 Å². The number of nitrogens with one attached hydrogen (secondary N) is 1. The van der Waals surface area contributed by atoms with Crippen molar-refractivity contribution in [1.82, 2.24) is 15.1 Å². The maximum atomic E-state index is 12.1. The third kappa shape index (κ3) is 6.55. The monoisotopic (exact) mass is 437 g/mol. The molecule has 0 bridgehead atoms. The zero-order valence-electron chi connectivity index (χ0n) is 17.5. The Labute approximate surface area is 186 Å². The van der Waals surface area contributed by atoms with Gasteiger partial charge in [0.05, 0.1) is 12.2 Å². The molecule has 0 fully saturated rings. The van der Waals surface area contributed by atoms with E-state index in [-0.39, 0.29) is 12.5 Å². The van der Waals surface area contributed by atoms with Gasteiger partial charge in [-0.2, -0.15) is 5.10 Å². The highest BCUT2D eigenvalue weighted by atomic mass is 35.5. The Kier molecular flexibility index (Phi) is 7.62. The van der Waals surface area contributed by atoms with E-state index in [4.69, 9.17) is 16.3 Å². The fourth-order valence-electron chi connectivity index (χ4n) is 3.10. The summed E-state index contributed by atoms with van der Waals surface area (Å²) in [6, 6.07) is 17.1. The summed E-state index contributed by atoms with van der Waals surface area (Å²) < 4.78 is 6.92. The Balaban J connectivity index is 1.49. The second-order valence-electron chi connectivity index (χ2n) is 7.07. The van der Waals surface area contributed by atoms with Crippen LogP contribution in [0.15, 0.2) is 60.7 Å². The lowest BCUT2D eigenvalue weighted by atomic mass is 10.2. The molecule has 7 heteroatoms.